The summed E-state index contributed by atoms with van der Waals surface area (Å²) in [6, 6.07) is 9.28. The lowest BCUT2D eigenvalue weighted by Crippen LogP contribution is -2.62. The first-order valence-corrected chi connectivity index (χ1v) is 26.9. The van der Waals surface area contributed by atoms with Gasteiger partial charge in [-0.25, -0.2) is 4.79 Å². The van der Waals surface area contributed by atoms with Crippen molar-refractivity contribution in [3.63, 3.8) is 0 Å². The van der Waals surface area contributed by atoms with Crippen molar-refractivity contribution in [2.45, 2.75) is 187 Å². The Morgan fingerprint density at radius 2 is 1.68 bits per heavy atom. The van der Waals surface area contributed by atoms with E-state index < -0.39 is 102 Å². The van der Waals surface area contributed by atoms with Gasteiger partial charge in [0.2, 0.25) is 12.9 Å². The summed E-state index contributed by atoms with van der Waals surface area (Å²) in [6.45, 7) is 17.0. The molecule has 1 unspecified atom stereocenters. The Morgan fingerprint density at radius 1 is 0.973 bits per heavy atom. The van der Waals surface area contributed by atoms with Crippen LogP contribution in [0.4, 0.5) is 0 Å². The van der Waals surface area contributed by atoms with Gasteiger partial charge >= 0.3 is 29.8 Å². The number of methoxy groups -OCH3 is 1. The Hall–Kier alpha value is -3.82. The Balaban J connectivity index is 1.63. The molecule has 1 aromatic rings. The number of allylic oxidation sites excluding steroid dienone is 1. The minimum atomic E-state index is -2.40. The molecule has 4 rings (SSSR count). The van der Waals surface area contributed by atoms with Crippen molar-refractivity contribution in [2.24, 2.45) is 28.6 Å². The molecule has 3 aliphatic rings. The highest BCUT2D eigenvalue weighted by molar-refractivity contribution is 8.15. The summed E-state index contributed by atoms with van der Waals surface area (Å²) in [7, 11) is 2.07. The summed E-state index contributed by atoms with van der Waals surface area (Å²) in [6.07, 6.45) is -0.557. The van der Waals surface area contributed by atoms with E-state index in [1.807, 2.05) is 44.2 Å². The van der Waals surface area contributed by atoms with Crippen LogP contribution in [0, 0.1) is 28.6 Å². The number of hydrogen-bond acceptors (Lipinski definition) is 18. The van der Waals surface area contributed by atoms with Gasteiger partial charge < -0.3 is 51.9 Å². The molecule has 0 bridgehead atoms. The number of carbonyl (C=O) groups excluding carboxylic acids is 6. The lowest BCUT2D eigenvalue weighted by Gasteiger charge is -2.52. The summed E-state index contributed by atoms with van der Waals surface area (Å²) in [5.74, 6) is -6.43. The van der Waals surface area contributed by atoms with Crippen molar-refractivity contribution >= 4 is 66.7 Å². The van der Waals surface area contributed by atoms with Crippen LogP contribution in [0.3, 0.4) is 0 Å². The minimum absolute atomic E-state index is 0.0733. The molecule has 1 aromatic carbocycles. The normalized spacial score (nSPS) is 26.9. The van der Waals surface area contributed by atoms with Crippen molar-refractivity contribution in [3.05, 3.63) is 59.7 Å². The Morgan fingerprint density at radius 3 is 2.31 bits per heavy atom. The minimum Gasteiger partial charge on any atom is -0.466 e. The van der Waals surface area contributed by atoms with Crippen LogP contribution >= 0.6 is 23.5 Å². The molecule has 74 heavy (non-hydrogen) atoms. The third-order valence-corrected chi connectivity index (χ3v) is 14.8. The van der Waals surface area contributed by atoms with E-state index in [0.29, 0.717) is 43.0 Å². The lowest BCUT2D eigenvalue weighted by molar-refractivity contribution is -0.342. The quantitative estimate of drug-likeness (QED) is 0.0160. The van der Waals surface area contributed by atoms with Crippen LogP contribution in [0.2, 0.25) is 0 Å². The molecule has 413 valence electrons. The fraction of sp³-hybridized carbons (Fsp3) is 0.704. The molecule has 2 aliphatic heterocycles. The van der Waals surface area contributed by atoms with Gasteiger partial charge in [0.15, 0.2) is 11.9 Å². The monoisotopic (exact) mass is 1080 g/mol. The molecule has 0 aromatic heterocycles. The van der Waals surface area contributed by atoms with Gasteiger partial charge in [-0.15, -0.1) is 11.6 Å². The fourth-order valence-electron chi connectivity index (χ4n) is 9.87. The van der Waals surface area contributed by atoms with Crippen molar-refractivity contribution in [1.29, 1.82) is 1.34 Å². The molecule has 2 heterocycles. The molecule has 1 spiro atoms. The highest BCUT2D eigenvalue weighted by Crippen LogP contribution is 2.49. The number of ether oxygens (including phenoxy) is 9. The number of aldehydes is 1. The maximum atomic E-state index is 14.2. The average Bonchev–Trinajstić information content (AvgIpc) is 3.36. The number of carbonyl (C=O) groups is 6. The molecule has 20 heteroatoms. The highest BCUT2D eigenvalue weighted by Gasteiger charge is 2.58. The second kappa shape index (κ2) is 29.1. The third-order valence-electron chi connectivity index (χ3n) is 14.2. The second-order valence-electron chi connectivity index (χ2n) is 21.2. The summed E-state index contributed by atoms with van der Waals surface area (Å²) in [5.41, 5.74) is -1.42. The zero-order valence-corrected chi connectivity index (χ0v) is 46.3. The molecular weight excluding hydrogens is 999 g/mol. The van der Waals surface area contributed by atoms with Gasteiger partial charge in [0.05, 0.1) is 64.2 Å². The Kier molecular flexibility index (Phi) is 24.0. The molecule has 11 atom stereocenters. The van der Waals surface area contributed by atoms with E-state index in [0.717, 1.165) is 44.1 Å². The van der Waals surface area contributed by atoms with Gasteiger partial charge in [-0.3, -0.25) is 24.0 Å². The number of hydrogen-bond donors (Lipinski definition) is 1. The van der Waals surface area contributed by atoms with Crippen molar-refractivity contribution in [2.75, 3.05) is 26.2 Å². The van der Waals surface area contributed by atoms with Crippen LogP contribution in [0.1, 0.15) is 132 Å². The Labute approximate surface area is 448 Å². The maximum Gasteiger partial charge on any atom is 0.330 e. The van der Waals surface area contributed by atoms with Gasteiger partial charge in [0, 0.05) is 48.5 Å². The number of aliphatic hydroxyl groups is 1. The van der Waals surface area contributed by atoms with Gasteiger partial charge in [-0.05, 0) is 56.6 Å². The number of alkyl halides is 1. The number of esters is 5. The van der Waals surface area contributed by atoms with Crippen molar-refractivity contribution in [3.8, 4) is 0 Å². The van der Waals surface area contributed by atoms with Gasteiger partial charge in [0.1, 0.15) is 24.4 Å². The van der Waals surface area contributed by atoms with E-state index in [2.05, 4.69) is 20.8 Å². The average molecular weight is 1080 g/mol. The lowest BCUT2D eigenvalue weighted by atomic mass is 9.72. The summed E-state index contributed by atoms with van der Waals surface area (Å²) < 4.78 is 68.2. The molecule has 0 amide bonds. The predicted octanol–water partition coefficient (Wildman–Crippen LogP) is 7.91. The van der Waals surface area contributed by atoms with Crippen LogP contribution in [0.5, 0.6) is 0 Å². The topological polar surface area (TPSA) is 215 Å². The first-order chi connectivity index (χ1) is 35.4. The van der Waals surface area contributed by atoms with Gasteiger partial charge in [0.25, 0.3) is 0 Å². The number of benzene rings is 1. The van der Waals surface area contributed by atoms with Gasteiger partial charge in [-0.1, -0.05) is 110 Å². The zero-order chi connectivity index (χ0) is 55.6. The highest BCUT2D eigenvalue weighted by atomic mass is 35.5. The first kappa shape index (κ1) is 61.0. The van der Waals surface area contributed by atoms with E-state index in [-0.39, 0.29) is 62.4 Å². The van der Waals surface area contributed by atoms with E-state index in [9.17, 15) is 33.9 Å². The molecule has 17 nitrogen and oxygen atoms in total. The third kappa shape index (κ3) is 17.9. The molecular formula is C54H79BClO17S. The van der Waals surface area contributed by atoms with Crippen LogP contribution in [-0.2, 0) is 82.2 Å². The summed E-state index contributed by atoms with van der Waals surface area (Å²) in [5, 5.41) is 12.6. The fourth-order valence-corrected chi connectivity index (χ4v) is 10.2. The van der Waals surface area contributed by atoms with Crippen molar-refractivity contribution < 1.29 is 80.7 Å². The standard InChI is InChI=1S/C54H79BClO17S/c1-11-45(58)70-50-38(25-46(59)64-10)24-40(72-54(50,63)52(8,9)21-15-22-57)26-43(36(5)65-32-37-16-13-12-14-17-37)68-47(60)28-41(73-74-55)29-48(61)69-44(51(6,7)33-66-49(62)31-56)27-39-20-23-67-53(71-39)30-35(4)18-19-42(53)34(2)3/h12-17,21-22,25,34-36,39-44,50,55,63H,11,18-20,23-24,26-33H2,1-10H3/t35-,36+,39+,40+,41+,42+,43-,44+,50+,53?,54-/m1/s1/i55T. The van der Waals surface area contributed by atoms with E-state index >= 15 is 0 Å². The van der Waals surface area contributed by atoms with Crippen LogP contribution < -0.4 is 0 Å². The predicted molar refractivity (Wildman–Crippen MR) is 277 cm³/mol. The Bertz CT molecular complexity index is 2090. The second-order valence-corrected chi connectivity index (χ2v) is 21.9. The smallest absolute Gasteiger partial charge is 0.330 e. The van der Waals surface area contributed by atoms with Gasteiger partial charge in [-0.2, -0.15) is 0 Å². The molecule has 1 aliphatic carbocycles. The SMILES string of the molecule is [3H][B]SO[C@H](CC(=O)O[C@@H](C[C@@H]1CCOC2(C[C@H](C)CC[C@H]2C(C)C)O1)C(C)(C)COC(=O)CCl)CC(=O)O[C@H](C[C@@H]1CC(=CC(=O)OC)[C@H](OC(=O)CC)[C@](O)(C(C)(C)C=CC=O)O1)[C@H](C)OCc1ccccc1. The molecule has 1 N–H and O–H groups in total. The zero-order valence-electron chi connectivity index (χ0n) is 45.7. The van der Waals surface area contributed by atoms with Crippen LogP contribution in [0.25, 0.3) is 0 Å². The number of rotatable bonds is 28. The van der Waals surface area contributed by atoms with E-state index in [1.165, 1.54) is 13.2 Å². The van der Waals surface area contributed by atoms with E-state index in [4.69, 9.17) is 59.8 Å². The van der Waals surface area contributed by atoms with Crippen LogP contribution in [0.15, 0.2) is 54.1 Å². The first-order valence-electron chi connectivity index (χ1n) is 26.1. The largest absolute Gasteiger partial charge is 0.466 e. The van der Waals surface area contributed by atoms with Crippen LogP contribution in [-0.4, -0.2) is 130 Å². The molecule has 2 saturated heterocycles. The van der Waals surface area contributed by atoms with Crippen molar-refractivity contribution in [1.82, 2.24) is 0 Å². The number of halogens is 1. The molecule has 1 radical (unpaired) electrons. The van der Waals surface area contributed by atoms with E-state index in [1.54, 1.807) is 27.7 Å². The summed E-state index contributed by atoms with van der Waals surface area (Å²) >= 11 is 6.38. The molecule has 3 fully saturated rings. The molecule has 1 saturated carbocycles. The summed E-state index contributed by atoms with van der Waals surface area (Å²) in [4.78, 5) is 77.9. The maximum absolute atomic E-state index is 14.2.